The van der Waals surface area contributed by atoms with Gasteiger partial charge in [0.05, 0.1) is 5.54 Å². The molecule has 0 fully saturated rings. The van der Waals surface area contributed by atoms with Crippen LogP contribution in [0.25, 0.3) is 0 Å². The molecule has 0 aliphatic heterocycles. The van der Waals surface area contributed by atoms with E-state index in [2.05, 4.69) is 10.6 Å². The SMILES string of the molecule is CC(NC(=O)CCCNC(=O)c1ccsc1)(c1ccccc1)c1ccccc1. The van der Waals surface area contributed by atoms with Crippen molar-refractivity contribution in [2.24, 2.45) is 0 Å². The molecule has 0 saturated carbocycles. The summed E-state index contributed by atoms with van der Waals surface area (Å²) >= 11 is 1.49. The van der Waals surface area contributed by atoms with Crippen LogP contribution in [0.1, 0.15) is 41.3 Å². The van der Waals surface area contributed by atoms with Crippen LogP contribution in [0, 0.1) is 0 Å². The van der Waals surface area contributed by atoms with Gasteiger partial charge in [0.25, 0.3) is 5.91 Å². The molecule has 0 aliphatic carbocycles. The first-order valence-electron chi connectivity index (χ1n) is 9.32. The van der Waals surface area contributed by atoms with E-state index in [0.717, 1.165) is 11.1 Å². The van der Waals surface area contributed by atoms with E-state index < -0.39 is 5.54 Å². The molecule has 1 aromatic heterocycles. The lowest BCUT2D eigenvalue weighted by atomic mass is 9.84. The minimum Gasteiger partial charge on any atom is -0.352 e. The van der Waals surface area contributed by atoms with Crippen LogP contribution in [0.3, 0.4) is 0 Å². The summed E-state index contributed by atoms with van der Waals surface area (Å²) < 4.78 is 0. The molecule has 3 aromatic rings. The summed E-state index contributed by atoms with van der Waals surface area (Å²) in [5.41, 5.74) is 2.11. The van der Waals surface area contributed by atoms with Crippen LogP contribution in [-0.4, -0.2) is 18.4 Å². The number of carbonyl (C=O) groups is 2. The third-order valence-electron chi connectivity index (χ3n) is 4.74. The van der Waals surface area contributed by atoms with E-state index in [0.29, 0.717) is 24.9 Å². The molecule has 4 nitrogen and oxygen atoms in total. The molecule has 0 radical (unpaired) electrons. The van der Waals surface area contributed by atoms with Crippen molar-refractivity contribution in [1.29, 1.82) is 0 Å². The highest BCUT2D eigenvalue weighted by Gasteiger charge is 2.30. The number of amides is 2. The summed E-state index contributed by atoms with van der Waals surface area (Å²) in [4.78, 5) is 24.6. The number of carbonyl (C=O) groups excluding carboxylic acids is 2. The predicted octanol–water partition coefficient (Wildman–Crippen LogP) is 4.34. The minimum absolute atomic E-state index is 0.0417. The molecule has 2 N–H and O–H groups in total. The maximum Gasteiger partial charge on any atom is 0.252 e. The first-order valence-corrected chi connectivity index (χ1v) is 10.3. The summed E-state index contributed by atoms with van der Waals surface area (Å²) in [6, 6.07) is 21.7. The zero-order chi connectivity index (χ0) is 19.8. The average molecular weight is 393 g/mol. The Bertz CT molecular complexity index is 853. The van der Waals surface area contributed by atoms with Gasteiger partial charge in [0.1, 0.15) is 0 Å². The maximum absolute atomic E-state index is 12.7. The lowest BCUT2D eigenvalue weighted by Crippen LogP contribution is -2.44. The normalized spacial score (nSPS) is 11.0. The van der Waals surface area contributed by atoms with E-state index >= 15 is 0 Å². The standard InChI is InChI=1S/C23H24N2O2S/c1-23(19-9-4-2-5-10-19,20-11-6-3-7-12-20)25-21(26)13-8-15-24-22(27)18-14-16-28-17-18/h2-7,9-12,14,16-17H,8,13,15H2,1H3,(H,24,27)(H,25,26). The number of benzene rings is 2. The van der Waals surface area contributed by atoms with E-state index in [1.54, 1.807) is 6.07 Å². The molecular weight excluding hydrogens is 368 g/mol. The zero-order valence-corrected chi connectivity index (χ0v) is 16.7. The van der Waals surface area contributed by atoms with Gasteiger partial charge in [-0.25, -0.2) is 0 Å². The van der Waals surface area contributed by atoms with Crippen molar-refractivity contribution >= 4 is 23.2 Å². The second kappa shape index (κ2) is 9.33. The number of hydrogen-bond acceptors (Lipinski definition) is 3. The number of nitrogens with one attached hydrogen (secondary N) is 2. The predicted molar refractivity (Wildman–Crippen MR) is 113 cm³/mol. The van der Waals surface area contributed by atoms with Gasteiger partial charge in [-0.15, -0.1) is 0 Å². The Morgan fingerprint density at radius 2 is 1.54 bits per heavy atom. The van der Waals surface area contributed by atoms with Gasteiger partial charge in [-0.3, -0.25) is 9.59 Å². The molecule has 0 unspecified atom stereocenters. The molecule has 0 saturated heterocycles. The van der Waals surface area contributed by atoms with Gasteiger partial charge < -0.3 is 10.6 Å². The van der Waals surface area contributed by atoms with Gasteiger partial charge >= 0.3 is 0 Å². The lowest BCUT2D eigenvalue weighted by molar-refractivity contribution is -0.122. The molecule has 0 atom stereocenters. The van der Waals surface area contributed by atoms with Gasteiger partial charge in [0.15, 0.2) is 0 Å². The Morgan fingerprint density at radius 3 is 2.07 bits per heavy atom. The Morgan fingerprint density at radius 1 is 0.929 bits per heavy atom. The fourth-order valence-corrected chi connectivity index (χ4v) is 3.78. The van der Waals surface area contributed by atoms with Gasteiger partial charge in [0, 0.05) is 23.9 Å². The first kappa shape index (κ1) is 19.8. The van der Waals surface area contributed by atoms with Crippen molar-refractivity contribution in [1.82, 2.24) is 10.6 Å². The van der Waals surface area contributed by atoms with E-state index in [1.165, 1.54) is 11.3 Å². The van der Waals surface area contributed by atoms with Crippen molar-refractivity contribution in [2.45, 2.75) is 25.3 Å². The van der Waals surface area contributed by atoms with Crippen LogP contribution in [0.15, 0.2) is 77.5 Å². The highest BCUT2D eigenvalue weighted by Crippen LogP contribution is 2.29. The van der Waals surface area contributed by atoms with Crippen LogP contribution in [0.5, 0.6) is 0 Å². The molecule has 3 rings (SSSR count). The second-order valence-electron chi connectivity index (χ2n) is 6.78. The molecule has 0 aliphatic rings. The van der Waals surface area contributed by atoms with Crippen molar-refractivity contribution in [3.63, 3.8) is 0 Å². The summed E-state index contributed by atoms with van der Waals surface area (Å²) in [6.07, 6.45) is 0.931. The van der Waals surface area contributed by atoms with Gasteiger partial charge in [-0.05, 0) is 35.9 Å². The van der Waals surface area contributed by atoms with Crippen molar-refractivity contribution in [2.75, 3.05) is 6.54 Å². The molecule has 5 heteroatoms. The zero-order valence-electron chi connectivity index (χ0n) is 15.9. The summed E-state index contributed by atoms with van der Waals surface area (Å²) in [5, 5.41) is 9.73. The molecule has 2 amide bonds. The second-order valence-corrected chi connectivity index (χ2v) is 7.56. The van der Waals surface area contributed by atoms with Crippen LogP contribution in [-0.2, 0) is 10.3 Å². The van der Waals surface area contributed by atoms with Gasteiger partial charge in [0.2, 0.25) is 5.91 Å². The topological polar surface area (TPSA) is 58.2 Å². The highest BCUT2D eigenvalue weighted by atomic mass is 32.1. The fraction of sp³-hybridized carbons (Fsp3) is 0.217. The third kappa shape index (κ3) is 4.87. The van der Waals surface area contributed by atoms with Crippen LogP contribution in [0.2, 0.25) is 0 Å². The molecule has 2 aromatic carbocycles. The first-order chi connectivity index (χ1) is 13.6. The van der Waals surface area contributed by atoms with E-state index in [1.807, 2.05) is 78.3 Å². The van der Waals surface area contributed by atoms with E-state index in [-0.39, 0.29) is 11.8 Å². The van der Waals surface area contributed by atoms with Gasteiger partial charge in [-0.2, -0.15) is 11.3 Å². The number of hydrogen-bond donors (Lipinski definition) is 2. The van der Waals surface area contributed by atoms with Crippen molar-refractivity contribution in [3.8, 4) is 0 Å². The van der Waals surface area contributed by atoms with E-state index in [9.17, 15) is 9.59 Å². The summed E-state index contributed by atoms with van der Waals surface area (Å²) in [6.45, 7) is 2.49. The number of rotatable bonds is 8. The van der Waals surface area contributed by atoms with Crippen LogP contribution >= 0.6 is 11.3 Å². The van der Waals surface area contributed by atoms with Crippen molar-refractivity contribution < 1.29 is 9.59 Å². The largest absolute Gasteiger partial charge is 0.352 e. The number of thiophene rings is 1. The average Bonchev–Trinajstić information content (AvgIpc) is 3.27. The molecule has 0 spiro atoms. The summed E-state index contributed by atoms with van der Waals surface area (Å²) in [5.74, 6) is -0.139. The maximum atomic E-state index is 12.7. The molecule has 1 heterocycles. The smallest absolute Gasteiger partial charge is 0.252 e. The molecule has 28 heavy (non-hydrogen) atoms. The Kier molecular flexibility index (Phi) is 6.61. The minimum atomic E-state index is -0.612. The molecule has 0 bridgehead atoms. The third-order valence-corrected chi connectivity index (χ3v) is 5.42. The van der Waals surface area contributed by atoms with Crippen LogP contribution < -0.4 is 10.6 Å². The Balaban J connectivity index is 1.60. The Labute approximate surface area is 169 Å². The van der Waals surface area contributed by atoms with Gasteiger partial charge in [-0.1, -0.05) is 60.7 Å². The monoisotopic (exact) mass is 392 g/mol. The van der Waals surface area contributed by atoms with Crippen LogP contribution in [0.4, 0.5) is 0 Å². The lowest BCUT2D eigenvalue weighted by Gasteiger charge is -2.32. The Hall–Kier alpha value is -2.92. The van der Waals surface area contributed by atoms with E-state index in [4.69, 9.17) is 0 Å². The van der Waals surface area contributed by atoms with Crippen molar-refractivity contribution in [3.05, 3.63) is 94.2 Å². The molecular formula is C23H24N2O2S. The molecule has 144 valence electrons. The fourth-order valence-electron chi connectivity index (χ4n) is 3.14. The highest BCUT2D eigenvalue weighted by molar-refractivity contribution is 7.08. The quantitative estimate of drug-likeness (QED) is 0.560. The summed E-state index contributed by atoms with van der Waals surface area (Å²) in [7, 11) is 0.